The molecule has 0 spiro atoms. The third-order valence-corrected chi connectivity index (χ3v) is 3.60. The number of nitrogens with zero attached hydrogens (tertiary/aromatic N) is 1. The van der Waals surface area contributed by atoms with Gasteiger partial charge in [0, 0.05) is 19.2 Å². The highest BCUT2D eigenvalue weighted by Gasteiger charge is 2.27. The summed E-state index contributed by atoms with van der Waals surface area (Å²) in [6.45, 7) is 3.84. The molecule has 2 saturated heterocycles. The van der Waals surface area contributed by atoms with Gasteiger partial charge >= 0.3 is 0 Å². The van der Waals surface area contributed by atoms with E-state index in [4.69, 9.17) is 14.6 Å². The van der Waals surface area contributed by atoms with E-state index < -0.39 is 0 Å². The van der Waals surface area contributed by atoms with E-state index in [9.17, 15) is 0 Å². The lowest BCUT2D eigenvalue weighted by atomic mass is 10.1. The third kappa shape index (κ3) is 3.42. The van der Waals surface area contributed by atoms with Crippen LogP contribution in [0.2, 0.25) is 0 Å². The maximum absolute atomic E-state index is 8.87. The van der Waals surface area contributed by atoms with Gasteiger partial charge in [-0.1, -0.05) is 0 Å². The van der Waals surface area contributed by atoms with Gasteiger partial charge in [0.2, 0.25) is 0 Å². The molecule has 0 bridgehead atoms. The van der Waals surface area contributed by atoms with Gasteiger partial charge in [0.05, 0.1) is 12.7 Å². The molecule has 94 valence electrons. The zero-order valence-electron chi connectivity index (χ0n) is 9.94. The van der Waals surface area contributed by atoms with Crippen molar-refractivity contribution in [3.8, 4) is 0 Å². The van der Waals surface area contributed by atoms with Crippen molar-refractivity contribution in [2.24, 2.45) is 0 Å². The van der Waals surface area contributed by atoms with Crippen molar-refractivity contribution in [2.45, 2.75) is 44.2 Å². The first kappa shape index (κ1) is 12.3. The van der Waals surface area contributed by atoms with E-state index in [2.05, 4.69) is 4.90 Å². The second-order valence-electron chi connectivity index (χ2n) is 4.76. The fraction of sp³-hybridized carbons (Fsp3) is 1.00. The summed E-state index contributed by atoms with van der Waals surface area (Å²) in [5, 5.41) is 8.87. The molecular formula is C12H23NO3. The standard InChI is InChI=1S/C12H23NO3/c14-7-2-4-11-3-1-6-13(11)9-12-5-8-15-10-16-12/h11-12,14H,1-10H2. The van der Waals surface area contributed by atoms with Gasteiger partial charge in [-0.15, -0.1) is 0 Å². The zero-order chi connectivity index (χ0) is 11.2. The second kappa shape index (κ2) is 6.55. The first-order valence-electron chi connectivity index (χ1n) is 6.44. The Morgan fingerprint density at radius 1 is 1.31 bits per heavy atom. The molecule has 0 aromatic rings. The molecule has 0 aromatic heterocycles. The van der Waals surface area contributed by atoms with Crippen LogP contribution in [-0.2, 0) is 9.47 Å². The Hall–Kier alpha value is -0.160. The topological polar surface area (TPSA) is 41.9 Å². The molecule has 2 atom stereocenters. The molecule has 0 aromatic carbocycles. The molecule has 0 aliphatic carbocycles. The number of hydrogen-bond donors (Lipinski definition) is 1. The molecular weight excluding hydrogens is 206 g/mol. The SMILES string of the molecule is OCCCC1CCCN1CC1CCOCO1. The molecule has 1 N–H and O–H groups in total. The Kier molecular flexibility index (Phi) is 5.03. The highest BCUT2D eigenvalue weighted by atomic mass is 16.7. The first-order valence-corrected chi connectivity index (χ1v) is 6.44. The summed E-state index contributed by atoms with van der Waals surface area (Å²) in [7, 11) is 0. The largest absolute Gasteiger partial charge is 0.396 e. The van der Waals surface area contributed by atoms with Crippen LogP contribution in [0.1, 0.15) is 32.1 Å². The Labute approximate surface area is 97.5 Å². The fourth-order valence-corrected chi connectivity index (χ4v) is 2.70. The lowest BCUT2D eigenvalue weighted by molar-refractivity contribution is -0.145. The Morgan fingerprint density at radius 3 is 3.00 bits per heavy atom. The summed E-state index contributed by atoms with van der Waals surface area (Å²) in [6.07, 6.45) is 5.99. The number of ether oxygens (including phenoxy) is 2. The van der Waals surface area contributed by atoms with E-state index in [0.717, 1.165) is 32.4 Å². The summed E-state index contributed by atoms with van der Waals surface area (Å²) in [6, 6.07) is 0.665. The maximum atomic E-state index is 8.87. The first-order chi connectivity index (χ1) is 7.90. The van der Waals surface area contributed by atoms with Crippen molar-refractivity contribution in [1.82, 2.24) is 4.90 Å². The van der Waals surface area contributed by atoms with E-state index in [-0.39, 0.29) is 0 Å². The van der Waals surface area contributed by atoms with Crippen LogP contribution in [-0.4, -0.2) is 55.2 Å². The second-order valence-corrected chi connectivity index (χ2v) is 4.76. The summed E-state index contributed by atoms with van der Waals surface area (Å²) in [5.74, 6) is 0. The monoisotopic (exact) mass is 229 g/mol. The van der Waals surface area contributed by atoms with Gasteiger partial charge in [-0.25, -0.2) is 0 Å². The van der Waals surface area contributed by atoms with Crippen molar-refractivity contribution in [3.63, 3.8) is 0 Å². The molecule has 16 heavy (non-hydrogen) atoms. The number of hydrogen-bond acceptors (Lipinski definition) is 4. The van der Waals surface area contributed by atoms with Crippen molar-refractivity contribution < 1.29 is 14.6 Å². The summed E-state index contributed by atoms with van der Waals surface area (Å²) in [5.41, 5.74) is 0. The van der Waals surface area contributed by atoms with Crippen molar-refractivity contribution >= 4 is 0 Å². The van der Waals surface area contributed by atoms with Crippen LogP contribution in [0.15, 0.2) is 0 Å². The van der Waals surface area contributed by atoms with Crippen LogP contribution < -0.4 is 0 Å². The Bertz CT molecular complexity index is 195. The van der Waals surface area contributed by atoms with Crippen molar-refractivity contribution in [1.29, 1.82) is 0 Å². The van der Waals surface area contributed by atoms with E-state index >= 15 is 0 Å². The van der Waals surface area contributed by atoms with E-state index in [1.165, 1.54) is 19.4 Å². The number of aliphatic hydroxyl groups is 1. The number of aliphatic hydroxyl groups excluding tert-OH is 1. The highest BCUT2D eigenvalue weighted by Crippen LogP contribution is 2.22. The summed E-state index contributed by atoms with van der Waals surface area (Å²) in [4.78, 5) is 2.53. The average Bonchev–Trinajstić information content (AvgIpc) is 2.75. The van der Waals surface area contributed by atoms with Gasteiger partial charge < -0.3 is 14.6 Å². The van der Waals surface area contributed by atoms with Gasteiger partial charge in [0.15, 0.2) is 0 Å². The van der Waals surface area contributed by atoms with E-state index in [1.807, 2.05) is 0 Å². The fourth-order valence-electron chi connectivity index (χ4n) is 2.70. The zero-order valence-corrected chi connectivity index (χ0v) is 9.94. The number of likely N-dealkylation sites (tertiary alicyclic amines) is 1. The van der Waals surface area contributed by atoms with Gasteiger partial charge in [-0.05, 0) is 38.6 Å². The predicted molar refractivity (Wildman–Crippen MR) is 61.2 cm³/mol. The van der Waals surface area contributed by atoms with Gasteiger partial charge in [0.25, 0.3) is 0 Å². The van der Waals surface area contributed by atoms with Crippen molar-refractivity contribution in [3.05, 3.63) is 0 Å². The van der Waals surface area contributed by atoms with E-state index in [0.29, 0.717) is 25.5 Å². The summed E-state index contributed by atoms with van der Waals surface area (Å²) < 4.78 is 10.8. The quantitative estimate of drug-likeness (QED) is 0.763. The smallest absolute Gasteiger partial charge is 0.147 e. The lowest BCUT2D eigenvalue weighted by Gasteiger charge is -2.30. The predicted octanol–water partition coefficient (Wildman–Crippen LogP) is 0.986. The molecule has 2 heterocycles. The van der Waals surface area contributed by atoms with Crippen LogP contribution in [0.3, 0.4) is 0 Å². The minimum atomic E-state index is 0.318. The van der Waals surface area contributed by atoms with Crippen LogP contribution in [0.25, 0.3) is 0 Å². The maximum Gasteiger partial charge on any atom is 0.147 e. The van der Waals surface area contributed by atoms with Gasteiger partial charge in [-0.3, -0.25) is 4.90 Å². The lowest BCUT2D eigenvalue weighted by Crippen LogP contribution is -2.39. The van der Waals surface area contributed by atoms with Crippen LogP contribution in [0, 0.1) is 0 Å². The molecule has 0 amide bonds. The minimum Gasteiger partial charge on any atom is -0.396 e. The molecule has 0 saturated carbocycles. The molecule has 2 rings (SSSR count). The van der Waals surface area contributed by atoms with Crippen molar-refractivity contribution in [2.75, 3.05) is 33.1 Å². The number of rotatable bonds is 5. The van der Waals surface area contributed by atoms with E-state index in [1.54, 1.807) is 0 Å². The molecule has 2 aliphatic rings. The molecule has 0 radical (unpaired) electrons. The minimum absolute atomic E-state index is 0.318. The molecule has 2 aliphatic heterocycles. The van der Waals surface area contributed by atoms with Crippen LogP contribution >= 0.6 is 0 Å². The van der Waals surface area contributed by atoms with Crippen LogP contribution in [0.5, 0.6) is 0 Å². The third-order valence-electron chi connectivity index (χ3n) is 3.60. The van der Waals surface area contributed by atoms with Crippen LogP contribution in [0.4, 0.5) is 0 Å². The van der Waals surface area contributed by atoms with Gasteiger partial charge in [-0.2, -0.15) is 0 Å². The normalized spacial score (nSPS) is 32.1. The highest BCUT2D eigenvalue weighted by molar-refractivity contribution is 4.81. The molecule has 2 unspecified atom stereocenters. The molecule has 2 fully saturated rings. The Morgan fingerprint density at radius 2 is 2.25 bits per heavy atom. The molecule has 4 nitrogen and oxygen atoms in total. The molecule has 4 heteroatoms. The van der Waals surface area contributed by atoms with Gasteiger partial charge in [0.1, 0.15) is 6.79 Å². The Balaban J connectivity index is 1.73. The summed E-state index contributed by atoms with van der Waals surface area (Å²) >= 11 is 0. The average molecular weight is 229 g/mol.